The number of carbonyl (C=O) groups is 2. The van der Waals surface area contributed by atoms with Crippen LogP contribution in [0.4, 0.5) is 13.2 Å². The van der Waals surface area contributed by atoms with Gasteiger partial charge in [-0.05, 0) is 48.0 Å². The Morgan fingerprint density at radius 2 is 1.74 bits per heavy atom. The molecule has 4 aromatic rings. The van der Waals surface area contributed by atoms with Gasteiger partial charge in [0.1, 0.15) is 6.04 Å². The lowest BCUT2D eigenvalue weighted by atomic mass is 10.0. The number of nitrogens with zero attached hydrogens (tertiary/aromatic N) is 1. The molecule has 0 aliphatic carbocycles. The number of amides is 1. The van der Waals surface area contributed by atoms with Crippen molar-refractivity contribution in [3.63, 3.8) is 0 Å². The lowest BCUT2D eigenvalue weighted by Gasteiger charge is -2.16. The molecule has 0 spiro atoms. The van der Waals surface area contributed by atoms with Gasteiger partial charge in [-0.15, -0.1) is 0 Å². The topological polar surface area (TPSA) is 113 Å². The van der Waals surface area contributed by atoms with Crippen molar-refractivity contribution in [3.05, 3.63) is 94.5 Å². The summed E-state index contributed by atoms with van der Waals surface area (Å²) in [5.74, 6) is -2.12. The number of rotatable bonds is 7. The van der Waals surface area contributed by atoms with Gasteiger partial charge in [0.25, 0.3) is 5.91 Å². The number of hydrogen-bond acceptors (Lipinski definition) is 5. The third kappa shape index (κ3) is 6.37. The minimum atomic E-state index is -4.55. The lowest BCUT2D eigenvalue weighted by Crippen LogP contribution is -2.42. The first kappa shape index (κ1) is 28.1. The predicted octanol–water partition coefficient (Wildman–Crippen LogP) is 5.40. The van der Waals surface area contributed by atoms with Gasteiger partial charge in [-0.1, -0.05) is 41.9 Å². The van der Waals surface area contributed by atoms with Crippen LogP contribution in [0.15, 0.2) is 77.7 Å². The molecule has 0 aliphatic heterocycles. The molecular formula is C27H20ClF3N2O5S. The first-order valence-electron chi connectivity index (χ1n) is 11.3. The van der Waals surface area contributed by atoms with E-state index in [0.717, 1.165) is 18.4 Å². The monoisotopic (exact) mass is 576 g/mol. The molecule has 2 N–H and O–H groups in total. The number of halogens is 4. The summed E-state index contributed by atoms with van der Waals surface area (Å²) in [5.41, 5.74) is 0.107. The number of carboxylic acids is 1. The van der Waals surface area contributed by atoms with Crippen molar-refractivity contribution in [1.82, 2.24) is 10.3 Å². The highest BCUT2D eigenvalue weighted by molar-refractivity contribution is 7.90. The van der Waals surface area contributed by atoms with Crippen molar-refractivity contribution >= 4 is 44.2 Å². The van der Waals surface area contributed by atoms with Gasteiger partial charge >= 0.3 is 12.1 Å². The quantitative estimate of drug-likeness (QED) is 0.304. The smallest absolute Gasteiger partial charge is 0.417 e. The van der Waals surface area contributed by atoms with E-state index in [2.05, 4.69) is 10.3 Å². The minimum Gasteiger partial charge on any atom is -0.480 e. The number of hydrogen-bond donors (Lipinski definition) is 2. The fraction of sp³-hybridized carbons (Fsp3) is 0.148. The van der Waals surface area contributed by atoms with Crippen molar-refractivity contribution in [2.45, 2.75) is 23.5 Å². The van der Waals surface area contributed by atoms with Crippen LogP contribution in [0.2, 0.25) is 5.02 Å². The average Bonchev–Trinajstić information content (AvgIpc) is 2.86. The van der Waals surface area contributed by atoms with Gasteiger partial charge in [-0.25, -0.2) is 18.2 Å². The summed E-state index contributed by atoms with van der Waals surface area (Å²) in [6.45, 7) is 0. The Hall–Kier alpha value is -3.96. The second-order valence-corrected chi connectivity index (χ2v) is 11.2. The van der Waals surface area contributed by atoms with Crippen LogP contribution in [0.1, 0.15) is 21.5 Å². The zero-order valence-corrected chi connectivity index (χ0v) is 21.7. The molecule has 0 saturated heterocycles. The summed E-state index contributed by atoms with van der Waals surface area (Å²) in [6, 6.07) is 15.1. The number of nitrogens with one attached hydrogen (secondary N) is 1. The highest BCUT2D eigenvalue weighted by Gasteiger charge is 2.33. The standard InChI is InChI=1S/C27H20ClF3N2O5S/c1-39(37,38)17-8-9-19(21(28)14-17)25(34)33-24(26(35)36)13-15-6-10-22-16(12-15)7-11-23(32-22)18-4-2-3-5-20(18)27(29,30)31/h2-12,14,24H,13H2,1H3,(H,33,34)(H,35,36). The van der Waals surface area contributed by atoms with Gasteiger partial charge in [0.05, 0.1) is 32.3 Å². The van der Waals surface area contributed by atoms with E-state index < -0.39 is 39.5 Å². The Balaban J connectivity index is 1.57. The van der Waals surface area contributed by atoms with E-state index in [1.54, 1.807) is 24.3 Å². The third-order valence-electron chi connectivity index (χ3n) is 5.92. The number of aromatic nitrogens is 1. The van der Waals surface area contributed by atoms with Crippen LogP contribution in [-0.4, -0.2) is 42.7 Å². The lowest BCUT2D eigenvalue weighted by molar-refractivity contribution is -0.139. The second-order valence-electron chi connectivity index (χ2n) is 8.75. The molecule has 0 saturated carbocycles. The van der Waals surface area contributed by atoms with E-state index >= 15 is 0 Å². The maximum atomic E-state index is 13.4. The van der Waals surface area contributed by atoms with Crippen molar-refractivity contribution in [3.8, 4) is 11.3 Å². The van der Waals surface area contributed by atoms with Crippen LogP contribution in [-0.2, 0) is 27.2 Å². The van der Waals surface area contributed by atoms with Gasteiger partial charge in [0, 0.05) is 23.6 Å². The molecule has 202 valence electrons. The van der Waals surface area contributed by atoms with Crippen LogP contribution in [0.25, 0.3) is 22.2 Å². The zero-order chi connectivity index (χ0) is 28.5. The number of benzene rings is 3. The summed E-state index contributed by atoms with van der Waals surface area (Å²) < 4.78 is 63.7. The van der Waals surface area contributed by atoms with Crippen LogP contribution in [0, 0.1) is 0 Å². The molecular weight excluding hydrogens is 557 g/mol. The van der Waals surface area contributed by atoms with Crippen molar-refractivity contribution in [2.75, 3.05) is 6.26 Å². The average molecular weight is 577 g/mol. The largest absolute Gasteiger partial charge is 0.480 e. The van der Waals surface area contributed by atoms with E-state index in [9.17, 15) is 36.3 Å². The molecule has 0 bridgehead atoms. The maximum Gasteiger partial charge on any atom is 0.417 e. The predicted molar refractivity (Wildman–Crippen MR) is 139 cm³/mol. The molecule has 12 heteroatoms. The third-order valence-corrected chi connectivity index (χ3v) is 7.34. The molecule has 4 rings (SSSR count). The molecule has 1 heterocycles. The van der Waals surface area contributed by atoms with Crippen LogP contribution >= 0.6 is 11.6 Å². The molecule has 1 unspecified atom stereocenters. The number of sulfone groups is 1. The van der Waals surface area contributed by atoms with Crippen molar-refractivity contribution < 1.29 is 36.3 Å². The molecule has 39 heavy (non-hydrogen) atoms. The van der Waals surface area contributed by atoms with E-state index in [1.807, 2.05) is 0 Å². The van der Waals surface area contributed by atoms with Crippen LogP contribution in [0.5, 0.6) is 0 Å². The zero-order valence-electron chi connectivity index (χ0n) is 20.2. The molecule has 3 aromatic carbocycles. The second kappa shape index (κ2) is 10.7. The van der Waals surface area contributed by atoms with E-state index in [-0.39, 0.29) is 33.2 Å². The maximum absolute atomic E-state index is 13.4. The molecule has 7 nitrogen and oxygen atoms in total. The Kier molecular flexibility index (Phi) is 7.67. The summed E-state index contributed by atoms with van der Waals surface area (Å²) in [4.78, 5) is 28.9. The Morgan fingerprint density at radius 3 is 2.38 bits per heavy atom. The van der Waals surface area contributed by atoms with E-state index in [0.29, 0.717) is 16.5 Å². The fourth-order valence-corrected chi connectivity index (χ4v) is 4.97. The van der Waals surface area contributed by atoms with Gasteiger partial charge in [0.15, 0.2) is 9.84 Å². The number of alkyl halides is 3. The summed E-state index contributed by atoms with van der Waals surface area (Å²) >= 11 is 6.07. The molecule has 1 amide bonds. The van der Waals surface area contributed by atoms with Gasteiger partial charge in [-0.2, -0.15) is 13.2 Å². The summed E-state index contributed by atoms with van der Waals surface area (Å²) in [5, 5.41) is 12.5. The number of carboxylic acid groups (broad SMARTS) is 1. The van der Waals surface area contributed by atoms with Crippen molar-refractivity contribution in [1.29, 1.82) is 0 Å². The van der Waals surface area contributed by atoms with Gasteiger partial charge in [-0.3, -0.25) is 4.79 Å². The fourth-order valence-electron chi connectivity index (χ4n) is 3.99. The Labute approximate surface area is 226 Å². The van der Waals surface area contributed by atoms with Crippen LogP contribution in [0.3, 0.4) is 0 Å². The highest BCUT2D eigenvalue weighted by Crippen LogP contribution is 2.36. The number of aliphatic carboxylic acids is 1. The van der Waals surface area contributed by atoms with E-state index in [4.69, 9.17) is 11.6 Å². The molecule has 1 aromatic heterocycles. The summed E-state index contributed by atoms with van der Waals surface area (Å²) in [7, 11) is -3.56. The SMILES string of the molecule is CS(=O)(=O)c1ccc(C(=O)NC(Cc2ccc3nc(-c4ccccc4C(F)(F)F)ccc3c2)C(=O)O)c(Cl)c1. The first-order valence-corrected chi connectivity index (χ1v) is 13.6. The molecule has 0 aliphatic rings. The number of carbonyl (C=O) groups excluding carboxylic acids is 1. The molecule has 0 fully saturated rings. The Bertz CT molecular complexity index is 1710. The summed E-state index contributed by atoms with van der Waals surface area (Å²) in [6.07, 6.45) is -3.68. The van der Waals surface area contributed by atoms with Crippen LogP contribution < -0.4 is 5.32 Å². The normalized spacial score (nSPS) is 12.7. The number of fused-ring (bicyclic) bond motifs is 1. The van der Waals surface area contributed by atoms with Gasteiger partial charge in [0.2, 0.25) is 0 Å². The highest BCUT2D eigenvalue weighted by atomic mass is 35.5. The van der Waals surface area contributed by atoms with Crippen molar-refractivity contribution in [2.24, 2.45) is 0 Å². The van der Waals surface area contributed by atoms with Gasteiger partial charge < -0.3 is 10.4 Å². The van der Waals surface area contributed by atoms with E-state index in [1.165, 1.54) is 36.4 Å². The number of pyridine rings is 1. The first-order chi connectivity index (χ1) is 18.2. The minimum absolute atomic E-state index is 0.0622. The Morgan fingerprint density at radius 1 is 1.03 bits per heavy atom. The molecule has 0 radical (unpaired) electrons. The molecule has 1 atom stereocenters.